The predicted molar refractivity (Wildman–Crippen MR) is 114 cm³/mol. The zero-order valence-corrected chi connectivity index (χ0v) is 18.0. The van der Waals surface area contributed by atoms with Gasteiger partial charge in [-0.25, -0.2) is 12.8 Å². The van der Waals surface area contributed by atoms with Gasteiger partial charge in [0, 0.05) is 57.9 Å². The standard InChI is InChI=1S/C20H31FN4O3S/c1-3-22-19(23-16-20(29(2,26)27)8-14-28-15-9-20)25-12-10-24(11-13-25)18-6-4-17(21)5-7-18/h4-7H,3,8-16H2,1-2H3,(H,22,23). The third-order valence-corrected chi connectivity index (χ3v) is 7.92. The van der Waals surface area contributed by atoms with Gasteiger partial charge in [0.05, 0.1) is 11.3 Å². The Kier molecular flexibility index (Phi) is 7.00. The molecule has 1 N–H and O–H groups in total. The Bertz CT molecular complexity index is 800. The normalized spacial score (nSPS) is 20.6. The van der Waals surface area contributed by atoms with Gasteiger partial charge in [0.25, 0.3) is 0 Å². The second-order valence-electron chi connectivity index (χ2n) is 7.69. The number of nitrogens with zero attached hydrogens (tertiary/aromatic N) is 3. The molecule has 2 heterocycles. The second kappa shape index (κ2) is 9.30. The van der Waals surface area contributed by atoms with Gasteiger partial charge in [0.1, 0.15) is 5.82 Å². The molecule has 162 valence electrons. The van der Waals surface area contributed by atoms with Gasteiger partial charge in [-0.2, -0.15) is 0 Å². The average Bonchev–Trinajstić information content (AvgIpc) is 2.72. The largest absolute Gasteiger partial charge is 0.381 e. The molecule has 2 saturated heterocycles. The van der Waals surface area contributed by atoms with Crippen LogP contribution in [0.15, 0.2) is 29.3 Å². The lowest BCUT2D eigenvalue weighted by molar-refractivity contribution is 0.0767. The highest BCUT2D eigenvalue weighted by atomic mass is 32.2. The van der Waals surface area contributed by atoms with Crippen LogP contribution >= 0.6 is 0 Å². The first-order valence-corrected chi connectivity index (χ1v) is 12.0. The number of nitrogens with one attached hydrogen (secondary N) is 1. The summed E-state index contributed by atoms with van der Waals surface area (Å²) in [7, 11) is -3.25. The van der Waals surface area contributed by atoms with Gasteiger partial charge in [-0.3, -0.25) is 4.99 Å². The summed E-state index contributed by atoms with van der Waals surface area (Å²) in [5.74, 6) is 0.516. The van der Waals surface area contributed by atoms with Crippen LogP contribution in [-0.4, -0.2) is 82.8 Å². The molecule has 1 aromatic carbocycles. The summed E-state index contributed by atoms with van der Waals surface area (Å²) in [4.78, 5) is 9.12. The van der Waals surface area contributed by atoms with Crippen molar-refractivity contribution in [1.29, 1.82) is 0 Å². The fourth-order valence-electron chi connectivity index (χ4n) is 3.86. The summed E-state index contributed by atoms with van der Waals surface area (Å²) in [6, 6.07) is 6.55. The van der Waals surface area contributed by atoms with Crippen LogP contribution in [0, 0.1) is 5.82 Å². The molecule has 0 aliphatic carbocycles. The van der Waals surface area contributed by atoms with Crippen molar-refractivity contribution in [3.05, 3.63) is 30.1 Å². The van der Waals surface area contributed by atoms with Crippen molar-refractivity contribution in [2.45, 2.75) is 24.5 Å². The van der Waals surface area contributed by atoms with Gasteiger partial charge in [-0.05, 0) is 44.0 Å². The maximum atomic E-state index is 13.2. The summed E-state index contributed by atoms with van der Waals surface area (Å²) in [5.41, 5.74) is 1.01. The highest BCUT2D eigenvalue weighted by molar-refractivity contribution is 7.92. The Morgan fingerprint density at radius 2 is 1.79 bits per heavy atom. The van der Waals surface area contributed by atoms with Crippen molar-refractivity contribution in [3.63, 3.8) is 0 Å². The molecule has 1 aromatic rings. The first-order chi connectivity index (χ1) is 13.8. The molecule has 0 aromatic heterocycles. The minimum absolute atomic E-state index is 0.234. The Morgan fingerprint density at radius 3 is 2.34 bits per heavy atom. The smallest absolute Gasteiger partial charge is 0.194 e. The Morgan fingerprint density at radius 1 is 1.17 bits per heavy atom. The summed E-state index contributed by atoms with van der Waals surface area (Å²) < 4.78 is 42.7. The van der Waals surface area contributed by atoms with Crippen molar-refractivity contribution in [2.24, 2.45) is 4.99 Å². The molecule has 2 aliphatic heterocycles. The molecule has 0 atom stereocenters. The van der Waals surface area contributed by atoms with E-state index in [0.29, 0.717) is 32.6 Å². The van der Waals surface area contributed by atoms with Crippen LogP contribution in [0.1, 0.15) is 19.8 Å². The van der Waals surface area contributed by atoms with Crippen molar-refractivity contribution in [2.75, 3.05) is 63.6 Å². The van der Waals surface area contributed by atoms with E-state index in [1.54, 1.807) is 12.1 Å². The Labute approximate surface area is 172 Å². The molecule has 0 radical (unpaired) electrons. The molecular formula is C20H31FN4O3S. The van der Waals surface area contributed by atoms with Crippen molar-refractivity contribution in [1.82, 2.24) is 10.2 Å². The zero-order valence-electron chi connectivity index (χ0n) is 17.2. The van der Waals surface area contributed by atoms with Crippen molar-refractivity contribution >= 4 is 21.5 Å². The lowest BCUT2D eigenvalue weighted by Gasteiger charge is -2.38. The number of hydrogen-bond donors (Lipinski definition) is 1. The molecule has 0 unspecified atom stereocenters. The molecule has 0 saturated carbocycles. The van der Waals surface area contributed by atoms with Crippen LogP contribution in [0.25, 0.3) is 0 Å². The molecular weight excluding hydrogens is 395 g/mol. The van der Waals surface area contributed by atoms with Gasteiger partial charge in [-0.1, -0.05) is 0 Å². The molecule has 2 aliphatic rings. The number of aliphatic imine (C=N–C) groups is 1. The van der Waals surface area contributed by atoms with Gasteiger partial charge in [0.2, 0.25) is 0 Å². The number of ether oxygens (including phenoxy) is 1. The van der Waals surface area contributed by atoms with Crippen LogP contribution in [0.2, 0.25) is 0 Å². The SMILES string of the molecule is CCNC(=NCC1(S(C)(=O)=O)CCOCC1)N1CCN(c2ccc(F)cc2)CC1. The van der Waals surface area contributed by atoms with Gasteiger partial charge < -0.3 is 19.9 Å². The van der Waals surface area contributed by atoms with Crippen molar-refractivity contribution < 1.29 is 17.5 Å². The first kappa shape index (κ1) is 21.8. The fourth-order valence-corrected chi connectivity index (χ4v) is 5.07. The molecule has 0 amide bonds. The van der Waals surface area contributed by atoms with E-state index in [0.717, 1.165) is 37.8 Å². The quantitative estimate of drug-likeness (QED) is 0.568. The highest BCUT2D eigenvalue weighted by Crippen LogP contribution is 2.30. The summed E-state index contributed by atoms with van der Waals surface area (Å²) in [5, 5.41) is 3.30. The van der Waals surface area contributed by atoms with Crippen LogP contribution < -0.4 is 10.2 Å². The maximum Gasteiger partial charge on any atom is 0.194 e. The number of benzene rings is 1. The van der Waals surface area contributed by atoms with E-state index in [1.165, 1.54) is 18.4 Å². The van der Waals surface area contributed by atoms with Crippen LogP contribution in [0.3, 0.4) is 0 Å². The first-order valence-electron chi connectivity index (χ1n) is 10.2. The Balaban J connectivity index is 1.68. The monoisotopic (exact) mass is 426 g/mol. The van der Waals surface area contributed by atoms with Gasteiger partial charge in [-0.15, -0.1) is 0 Å². The molecule has 0 spiro atoms. The Hall–Kier alpha value is -1.87. The van der Waals surface area contributed by atoms with Gasteiger partial charge in [0.15, 0.2) is 15.8 Å². The summed E-state index contributed by atoms with van der Waals surface area (Å²) >= 11 is 0. The number of hydrogen-bond acceptors (Lipinski definition) is 5. The summed E-state index contributed by atoms with van der Waals surface area (Å²) in [6.07, 6.45) is 2.27. The maximum absolute atomic E-state index is 13.2. The van der Waals surface area contributed by atoms with Crippen LogP contribution in [0.5, 0.6) is 0 Å². The number of rotatable bonds is 5. The van der Waals surface area contributed by atoms with E-state index < -0.39 is 14.6 Å². The summed E-state index contributed by atoms with van der Waals surface area (Å²) in [6.45, 7) is 6.98. The van der Waals surface area contributed by atoms with E-state index >= 15 is 0 Å². The molecule has 9 heteroatoms. The lowest BCUT2D eigenvalue weighted by Crippen LogP contribution is -2.53. The number of anilines is 1. The van der Waals surface area contributed by atoms with E-state index in [-0.39, 0.29) is 12.4 Å². The van der Waals surface area contributed by atoms with E-state index in [9.17, 15) is 12.8 Å². The molecule has 3 rings (SSSR count). The minimum Gasteiger partial charge on any atom is -0.381 e. The third-order valence-electron chi connectivity index (χ3n) is 5.81. The molecule has 7 nitrogen and oxygen atoms in total. The lowest BCUT2D eigenvalue weighted by atomic mass is 9.99. The number of piperazine rings is 1. The van der Waals surface area contributed by atoms with Gasteiger partial charge >= 0.3 is 0 Å². The third kappa shape index (κ3) is 5.19. The number of guanidine groups is 1. The van der Waals surface area contributed by atoms with E-state index in [1.807, 2.05) is 6.92 Å². The molecule has 29 heavy (non-hydrogen) atoms. The topological polar surface area (TPSA) is 74.2 Å². The number of halogens is 1. The molecule has 0 bridgehead atoms. The van der Waals surface area contributed by atoms with Crippen molar-refractivity contribution in [3.8, 4) is 0 Å². The molecule has 2 fully saturated rings. The average molecular weight is 427 g/mol. The van der Waals surface area contributed by atoms with E-state index in [4.69, 9.17) is 9.73 Å². The fraction of sp³-hybridized carbons (Fsp3) is 0.650. The van der Waals surface area contributed by atoms with E-state index in [2.05, 4.69) is 15.1 Å². The van der Waals surface area contributed by atoms with Crippen LogP contribution in [-0.2, 0) is 14.6 Å². The number of sulfone groups is 1. The highest BCUT2D eigenvalue weighted by Gasteiger charge is 2.42. The van der Waals surface area contributed by atoms with Crippen LogP contribution in [0.4, 0.5) is 10.1 Å². The predicted octanol–water partition coefficient (Wildman–Crippen LogP) is 1.51. The second-order valence-corrected chi connectivity index (χ2v) is 10.1. The minimum atomic E-state index is -3.25. The zero-order chi connectivity index (χ0) is 20.9.